The zero-order valence-electron chi connectivity index (χ0n) is 37.6. The van der Waals surface area contributed by atoms with E-state index in [4.69, 9.17) is 0 Å². The van der Waals surface area contributed by atoms with Crippen LogP contribution in [0.3, 0.4) is 0 Å². The Hall–Kier alpha value is -8.60. The molecule has 0 spiro atoms. The van der Waals surface area contributed by atoms with Crippen molar-refractivity contribution in [1.29, 1.82) is 0 Å². The molecule has 0 N–H and O–H groups in total. The van der Waals surface area contributed by atoms with Gasteiger partial charge < -0.3 is 18.9 Å². The van der Waals surface area contributed by atoms with E-state index >= 15 is 0 Å². The highest BCUT2D eigenvalue weighted by molar-refractivity contribution is 6.14. The molecule has 0 saturated carbocycles. The van der Waals surface area contributed by atoms with Crippen LogP contribution in [0.15, 0.2) is 231 Å². The highest BCUT2D eigenvalue weighted by Gasteiger charge is 2.26. The molecule has 2 aromatic heterocycles. The molecule has 10 aromatic carbocycles. The summed E-state index contributed by atoms with van der Waals surface area (Å²) in [5, 5.41) is 4.91. The molecule has 0 atom stereocenters. The molecule has 0 aliphatic carbocycles. The Bertz CT molecular complexity index is 3580. The van der Waals surface area contributed by atoms with Gasteiger partial charge in [0.05, 0.1) is 22.1 Å². The summed E-state index contributed by atoms with van der Waals surface area (Å²) in [6.45, 7) is 0. The molecular weight excluding hydrogens is 825 g/mol. The van der Waals surface area contributed by atoms with Crippen LogP contribution in [0.4, 0.5) is 34.1 Å². The Morgan fingerprint density at radius 3 is 0.882 bits per heavy atom. The lowest BCUT2D eigenvalue weighted by Gasteiger charge is -2.27. The maximum absolute atomic E-state index is 2.49. The van der Waals surface area contributed by atoms with E-state index in [0.29, 0.717) is 0 Å². The van der Waals surface area contributed by atoms with E-state index in [1.807, 2.05) is 0 Å². The van der Waals surface area contributed by atoms with E-state index in [-0.39, 0.29) is 0 Å². The fourth-order valence-corrected chi connectivity index (χ4v) is 11.5. The summed E-state index contributed by atoms with van der Waals surface area (Å²) in [6, 6.07) is 85.6. The zero-order valence-corrected chi connectivity index (χ0v) is 37.6. The van der Waals surface area contributed by atoms with Crippen LogP contribution in [0.5, 0.6) is 0 Å². The maximum Gasteiger partial charge on any atom is 0.0542 e. The number of aromatic nitrogens is 2. The maximum atomic E-state index is 2.49. The monoisotopic (exact) mass is 870 g/mol. The summed E-state index contributed by atoms with van der Waals surface area (Å²) in [5.41, 5.74) is 22.2. The SMILES string of the molecule is c1ccc(-n2c3ccc(-c4ccc5c(c4)c4cc(N6c7ccccc7CCc7ccccc76)ccc4n5-c4ccccc4)cc3c3cc(N4c5ccccc5CCc5ccccc54)ccc32)cc1. The molecule has 12 aromatic rings. The van der Waals surface area contributed by atoms with Crippen molar-refractivity contribution in [2.24, 2.45) is 0 Å². The van der Waals surface area contributed by atoms with E-state index < -0.39 is 0 Å². The second-order valence-electron chi connectivity index (χ2n) is 18.4. The van der Waals surface area contributed by atoms with Gasteiger partial charge in [-0.2, -0.15) is 0 Å². The molecule has 4 heteroatoms. The first-order valence-corrected chi connectivity index (χ1v) is 23.9. The van der Waals surface area contributed by atoms with Crippen LogP contribution >= 0.6 is 0 Å². The van der Waals surface area contributed by atoms with Crippen molar-refractivity contribution in [2.75, 3.05) is 9.80 Å². The molecule has 0 amide bonds. The average Bonchev–Trinajstić information content (AvgIpc) is 3.76. The van der Waals surface area contributed by atoms with Crippen LogP contribution in [0, 0.1) is 0 Å². The van der Waals surface area contributed by atoms with Gasteiger partial charge in [-0.05, 0) is 168 Å². The molecule has 0 bridgehead atoms. The summed E-state index contributed by atoms with van der Waals surface area (Å²) in [4.78, 5) is 4.97. The Morgan fingerprint density at radius 1 is 0.235 bits per heavy atom. The second-order valence-corrected chi connectivity index (χ2v) is 18.4. The number of hydrogen-bond donors (Lipinski definition) is 0. The molecule has 2 aliphatic heterocycles. The number of aryl methyl sites for hydroxylation is 4. The number of rotatable bonds is 5. The van der Waals surface area contributed by atoms with Gasteiger partial charge in [0.2, 0.25) is 0 Å². The van der Waals surface area contributed by atoms with Gasteiger partial charge in [0.1, 0.15) is 0 Å². The van der Waals surface area contributed by atoms with Gasteiger partial charge in [-0.3, -0.25) is 0 Å². The predicted molar refractivity (Wildman–Crippen MR) is 285 cm³/mol. The molecule has 0 fully saturated rings. The van der Waals surface area contributed by atoms with E-state index in [0.717, 1.165) is 48.4 Å². The molecule has 68 heavy (non-hydrogen) atoms. The Kier molecular flexibility index (Phi) is 8.81. The van der Waals surface area contributed by atoms with Crippen molar-refractivity contribution in [3.05, 3.63) is 253 Å². The van der Waals surface area contributed by atoms with Crippen LogP contribution in [0.25, 0.3) is 66.1 Å². The zero-order chi connectivity index (χ0) is 44.7. The molecule has 4 nitrogen and oxygen atoms in total. The summed E-state index contributed by atoms with van der Waals surface area (Å²) in [6.07, 6.45) is 4.05. The van der Waals surface area contributed by atoms with Crippen LogP contribution < -0.4 is 9.80 Å². The molecule has 2 aliphatic rings. The normalized spacial score (nSPS) is 13.3. The number of fused-ring (bicyclic) bond motifs is 10. The minimum Gasteiger partial charge on any atom is -0.310 e. The van der Waals surface area contributed by atoms with E-state index in [1.54, 1.807) is 0 Å². The molecule has 0 saturated heterocycles. The third-order valence-electron chi connectivity index (χ3n) is 14.6. The Labute approximate surface area is 395 Å². The second kappa shape index (κ2) is 15.5. The molecule has 0 radical (unpaired) electrons. The number of hydrogen-bond acceptors (Lipinski definition) is 2. The molecule has 0 unspecified atom stereocenters. The minimum absolute atomic E-state index is 1.01. The molecular formula is C64H46N4. The van der Waals surface area contributed by atoms with E-state index in [9.17, 15) is 0 Å². The minimum atomic E-state index is 1.01. The average molecular weight is 871 g/mol. The first-order chi connectivity index (χ1) is 33.7. The summed E-state index contributed by atoms with van der Waals surface area (Å²) in [7, 11) is 0. The Balaban J connectivity index is 0.979. The third kappa shape index (κ3) is 6.07. The summed E-state index contributed by atoms with van der Waals surface area (Å²) >= 11 is 0. The summed E-state index contributed by atoms with van der Waals surface area (Å²) in [5.74, 6) is 0. The highest BCUT2D eigenvalue weighted by Crippen LogP contribution is 2.47. The number of anilines is 6. The van der Waals surface area contributed by atoms with Gasteiger partial charge in [0, 0.05) is 67.0 Å². The predicted octanol–water partition coefficient (Wildman–Crippen LogP) is 16.7. The van der Waals surface area contributed by atoms with Crippen molar-refractivity contribution >= 4 is 77.7 Å². The van der Waals surface area contributed by atoms with Gasteiger partial charge in [-0.1, -0.05) is 121 Å². The molecule has 322 valence electrons. The quantitative estimate of drug-likeness (QED) is 0.171. The first-order valence-electron chi connectivity index (χ1n) is 23.9. The van der Waals surface area contributed by atoms with Crippen molar-refractivity contribution in [3.8, 4) is 22.5 Å². The Morgan fingerprint density at radius 2 is 0.529 bits per heavy atom. The van der Waals surface area contributed by atoms with Crippen LogP contribution in [0.1, 0.15) is 22.3 Å². The van der Waals surface area contributed by atoms with Gasteiger partial charge >= 0.3 is 0 Å². The van der Waals surface area contributed by atoms with E-state index in [2.05, 4.69) is 249 Å². The van der Waals surface area contributed by atoms with Gasteiger partial charge in [0.25, 0.3) is 0 Å². The van der Waals surface area contributed by atoms with Crippen molar-refractivity contribution in [1.82, 2.24) is 9.13 Å². The lowest BCUT2D eigenvalue weighted by atomic mass is 10.00. The highest BCUT2D eigenvalue weighted by atomic mass is 15.2. The molecule has 14 rings (SSSR count). The van der Waals surface area contributed by atoms with Gasteiger partial charge in [-0.15, -0.1) is 0 Å². The lowest BCUT2D eigenvalue weighted by Crippen LogP contribution is -2.11. The van der Waals surface area contributed by atoms with Crippen LogP contribution in [-0.4, -0.2) is 9.13 Å². The number of para-hydroxylation sites is 6. The van der Waals surface area contributed by atoms with Crippen molar-refractivity contribution in [3.63, 3.8) is 0 Å². The largest absolute Gasteiger partial charge is 0.310 e. The number of benzene rings is 10. The van der Waals surface area contributed by atoms with Crippen molar-refractivity contribution < 1.29 is 0 Å². The van der Waals surface area contributed by atoms with Gasteiger partial charge in [-0.25, -0.2) is 0 Å². The van der Waals surface area contributed by atoms with Gasteiger partial charge in [0.15, 0.2) is 0 Å². The summed E-state index contributed by atoms with van der Waals surface area (Å²) < 4.78 is 4.86. The fourth-order valence-electron chi connectivity index (χ4n) is 11.5. The fraction of sp³-hybridized carbons (Fsp3) is 0.0625. The first kappa shape index (κ1) is 38.6. The molecule has 4 heterocycles. The number of nitrogens with zero attached hydrogens (tertiary/aromatic N) is 4. The smallest absolute Gasteiger partial charge is 0.0542 e. The van der Waals surface area contributed by atoms with Crippen LogP contribution in [0.2, 0.25) is 0 Å². The topological polar surface area (TPSA) is 16.3 Å². The van der Waals surface area contributed by atoms with E-state index in [1.165, 1.54) is 99.7 Å². The third-order valence-corrected chi connectivity index (χ3v) is 14.6. The standard InChI is InChI=1S/C64H46N4/c1-3-19-49(20-4-1)65-61-35-31-47(39-53(61)55-41-51(33-37-63(55)65)67-57-23-11-7-15-43(57)27-28-44-16-8-12-24-58(44)67)48-32-36-62-54(40-48)56-42-52(34-38-64(56)66(62)50-21-5-2-6-22-50)68-59-25-13-9-17-45(59)29-30-46-18-10-14-26-60(46)68/h1-26,31-42H,27-30H2. The lowest BCUT2D eigenvalue weighted by molar-refractivity contribution is 0.977. The van der Waals surface area contributed by atoms with Crippen LogP contribution in [-0.2, 0) is 25.7 Å². The van der Waals surface area contributed by atoms with Crippen molar-refractivity contribution in [2.45, 2.75) is 25.7 Å².